The Bertz CT molecular complexity index is 394. The van der Waals surface area contributed by atoms with Crippen LogP contribution < -0.4 is 0 Å². The van der Waals surface area contributed by atoms with Crippen molar-refractivity contribution in [2.24, 2.45) is 5.41 Å². The van der Waals surface area contributed by atoms with Gasteiger partial charge in [0, 0.05) is 6.07 Å². The van der Waals surface area contributed by atoms with Crippen molar-refractivity contribution in [2.75, 3.05) is 0 Å². The van der Waals surface area contributed by atoms with Crippen LogP contribution in [-0.4, -0.2) is 5.11 Å². The highest BCUT2D eigenvalue weighted by molar-refractivity contribution is 5.28. The first kappa shape index (κ1) is 11.5. The average molecular weight is 226 g/mol. The quantitative estimate of drug-likeness (QED) is 0.778. The number of hydrogen-bond acceptors (Lipinski definition) is 1. The molecule has 2 rings (SSSR count). The lowest BCUT2D eigenvalue weighted by Gasteiger charge is -2.37. The fraction of sp³-hybridized carbons (Fsp3) is 0.538. The summed E-state index contributed by atoms with van der Waals surface area (Å²) in [6, 6.07) is 3.29. The molecular weight excluding hydrogens is 210 g/mol. The van der Waals surface area contributed by atoms with E-state index in [1.165, 1.54) is 12.1 Å². The smallest absolute Gasteiger partial charge is 0.126 e. The fourth-order valence-corrected chi connectivity index (χ4v) is 2.66. The summed E-state index contributed by atoms with van der Waals surface area (Å²) in [6.45, 7) is 3.87. The molecule has 3 heteroatoms. The van der Waals surface area contributed by atoms with Gasteiger partial charge < -0.3 is 5.11 Å². The minimum Gasteiger partial charge on any atom is -0.385 e. The summed E-state index contributed by atoms with van der Waals surface area (Å²) in [4.78, 5) is 0. The zero-order chi connectivity index (χ0) is 12.0. The van der Waals surface area contributed by atoms with Gasteiger partial charge in [-0.25, -0.2) is 8.78 Å². The molecule has 1 aromatic carbocycles. The van der Waals surface area contributed by atoms with E-state index in [1.807, 2.05) is 13.8 Å². The number of rotatable bonds is 1. The molecule has 0 bridgehead atoms. The van der Waals surface area contributed by atoms with Crippen molar-refractivity contribution in [1.29, 1.82) is 0 Å². The van der Waals surface area contributed by atoms with E-state index in [2.05, 4.69) is 0 Å². The lowest BCUT2D eigenvalue weighted by Crippen LogP contribution is -2.37. The van der Waals surface area contributed by atoms with E-state index in [-0.39, 0.29) is 5.41 Å². The van der Waals surface area contributed by atoms with Crippen LogP contribution in [-0.2, 0) is 5.60 Å². The predicted molar refractivity (Wildman–Crippen MR) is 57.9 cm³/mol. The zero-order valence-electron chi connectivity index (χ0n) is 9.56. The normalized spacial score (nSPS) is 28.3. The Balaban J connectivity index is 2.50. The SMILES string of the molecule is CC1(C)CCCC1(O)c1cc(F)cc(F)c1. The predicted octanol–water partition coefficient (Wildman–Crippen LogP) is 3.36. The van der Waals surface area contributed by atoms with E-state index in [9.17, 15) is 13.9 Å². The monoisotopic (exact) mass is 226 g/mol. The largest absolute Gasteiger partial charge is 0.385 e. The van der Waals surface area contributed by atoms with E-state index >= 15 is 0 Å². The molecule has 1 aromatic rings. The molecule has 0 heterocycles. The van der Waals surface area contributed by atoms with Gasteiger partial charge in [-0.2, -0.15) is 0 Å². The van der Waals surface area contributed by atoms with Crippen molar-refractivity contribution < 1.29 is 13.9 Å². The van der Waals surface area contributed by atoms with Gasteiger partial charge >= 0.3 is 0 Å². The van der Waals surface area contributed by atoms with Crippen LogP contribution >= 0.6 is 0 Å². The summed E-state index contributed by atoms with van der Waals surface area (Å²) in [5.41, 5.74) is -1.10. The van der Waals surface area contributed by atoms with E-state index in [1.54, 1.807) is 0 Å². The van der Waals surface area contributed by atoms with Gasteiger partial charge in [0.1, 0.15) is 11.6 Å². The summed E-state index contributed by atoms with van der Waals surface area (Å²) in [5.74, 6) is -1.27. The van der Waals surface area contributed by atoms with Crippen molar-refractivity contribution in [3.8, 4) is 0 Å². The number of halogens is 2. The first-order valence-corrected chi connectivity index (χ1v) is 5.54. The lowest BCUT2D eigenvalue weighted by molar-refractivity contribution is -0.0489. The molecular formula is C13H16F2O. The van der Waals surface area contributed by atoms with Gasteiger partial charge in [0.05, 0.1) is 5.60 Å². The number of benzene rings is 1. The highest BCUT2D eigenvalue weighted by Gasteiger charge is 2.48. The van der Waals surface area contributed by atoms with Crippen LogP contribution in [0.2, 0.25) is 0 Å². The maximum Gasteiger partial charge on any atom is 0.126 e. The van der Waals surface area contributed by atoms with Gasteiger partial charge in [-0.15, -0.1) is 0 Å². The maximum atomic E-state index is 13.2. The topological polar surface area (TPSA) is 20.2 Å². The average Bonchev–Trinajstić information content (AvgIpc) is 2.41. The number of hydrogen-bond donors (Lipinski definition) is 1. The van der Waals surface area contributed by atoms with Gasteiger partial charge in [-0.1, -0.05) is 13.8 Å². The molecule has 1 aliphatic carbocycles. The fourth-order valence-electron chi connectivity index (χ4n) is 2.66. The minimum absolute atomic E-state index is 0.340. The standard InChI is InChI=1S/C13H16F2O/c1-12(2)4-3-5-13(12,16)9-6-10(14)8-11(15)7-9/h6-8,16H,3-5H2,1-2H3. The Labute approximate surface area is 94.1 Å². The molecule has 0 spiro atoms. The minimum atomic E-state index is -1.12. The first-order chi connectivity index (χ1) is 7.35. The summed E-state index contributed by atoms with van der Waals surface area (Å²) in [6.07, 6.45) is 2.30. The lowest BCUT2D eigenvalue weighted by atomic mass is 9.73. The molecule has 1 saturated carbocycles. The Morgan fingerprint density at radius 2 is 1.62 bits per heavy atom. The first-order valence-electron chi connectivity index (χ1n) is 5.54. The molecule has 1 nitrogen and oxygen atoms in total. The molecule has 1 N–H and O–H groups in total. The van der Waals surface area contributed by atoms with E-state index in [0.29, 0.717) is 12.0 Å². The molecule has 0 radical (unpaired) electrons. The Hall–Kier alpha value is -0.960. The molecule has 1 unspecified atom stereocenters. The third-order valence-electron chi connectivity index (χ3n) is 3.80. The molecule has 0 aliphatic heterocycles. The van der Waals surface area contributed by atoms with Gasteiger partial charge in [-0.3, -0.25) is 0 Å². The molecule has 1 aliphatic rings. The highest BCUT2D eigenvalue weighted by Crippen LogP contribution is 2.52. The molecule has 0 saturated heterocycles. The summed E-state index contributed by atoms with van der Waals surface area (Å²) >= 11 is 0. The van der Waals surface area contributed by atoms with Crippen molar-refractivity contribution in [3.05, 3.63) is 35.4 Å². The summed E-state index contributed by atoms with van der Waals surface area (Å²) in [7, 11) is 0. The Morgan fingerprint density at radius 1 is 1.06 bits per heavy atom. The van der Waals surface area contributed by atoms with E-state index in [4.69, 9.17) is 0 Å². The summed E-state index contributed by atoms with van der Waals surface area (Å²) in [5, 5.41) is 10.6. The molecule has 1 fully saturated rings. The highest BCUT2D eigenvalue weighted by atomic mass is 19.1. The molecule has 0 aromatic heterocycles. The van der Waals surface area contributed by atoms with Crippen LogP contribution in [0.4, 0.5) is 8.78 Å². The third kappa shape index (κ3) is 1.63. The van der Waals surface area contributed by atoms with Crippen LogP contribution in [0.25, 0.3) is 0 Å². The van der Waals surface area contributed by atoms with E-state index < -0.39 is 17.2 Å². The van der Waals surface area contributed by atoms with Gasteiger partial charge in [0.2, 0.25) is 0 Å². The van der Waals surface area contributed by atoms with Crippen LogP contribution in [0, 0.1) is 17.0 Å². The third-order valence-corrected chi connectivity index (χ3v) is 3.80. The van der Waals surface area contributed by atoms with Crippen LogP contribution in [0.15, 0.2) is 18.2 Å². The molecule has 0 amide bonds. The van der Waals surface area contributed by atoms with E-state index in [0.717, 1.165) is 18.9 Å². The van der Waals surface area contributed by atoms with Crippen LogP contribution in [0.1, 0.15) is 38.7 Å². The maximum absolute atomic E-state index is 13.2. The van der Waals surface area contributed by atoms with Gasteiger partial charge in [0.15, 0.2) is 0 Å². The molecule has 1 atom stereocenters. The number of aliphatic hydroxyl groups is 1. The Kier molecular flexibility index (Phi) is 2.54. The Morgan fingerprint density at radius 3 is 2.06 bits per heavy atom. The van der Waals surface area contributed by atoms with Crippen molar-refractivity contribution in [3.63, 3.8) is 0 Å². The second-order valence-electron chi connectivity index (χ2n) is 5.26. The van der Waals surface area contributed by atoms with Crippen LogP contribution in [0.5, 0.6) is 0 Å². The van der Waals surface area contributed by atoms with Crippen molar-refractivity contribution >= 4 is 0 Å². The van der Waals surface area contributed by atoms with Crippen molar-refractivity contribution in [1.82, 2.24) is 0 Å². The zero-order valence-corrected chi connectivity index (χ0v) is 9.56. The van der Waals surface area contributed by atoms with Crippen molar-refractivity contribution in [2.45, 2.75) is 38.7 Å². The van der Waals surface area contributed by atoms with Gasteiger partial charge in [0.25, 0.3) is 0 Å². The molecule has 88 valence electrons. The second kappa shape index (κ2) is 3.52. The van der Waals surface area contributed by atoms with Crippen LogP contribution in [0.3, 0.4) is 0 Å². The summed E-state index contributed by atoms with van der Waals surface area (Å²) < 4.78 is 26.3. The molecule has 16 heavy (non-hydrogen) atoms. The second-order valence-corrected chi connectivity index (χ2v) is 5.26. The van der Waals surface area contributed by atoms with Gasteiger partial charge in [-0.05, 0) is 42.4 Å².